The molecule has 2 fully saturated rings. The Labute approximate surface area is 305 Å². The van der Waals surface area contributed by atoms with Gasteiger partial charge in [0.05, 0.1) is 35.3 Å². The lowest BCUT2D eigenvalue weighted by atomic mass is 10.0. The Hall–Kier alpha value is -5.33. The second kappa shape index (κ2) is 15.9. The lowest BCUT2D eigenvalue weighted by Crippen LogP contribution is -2.51. The van der Waals surface area contributed by atoms with Crippen LogP contribution in [0.5, 0.6) is 0 Å². The average molecular weight is 727 g/mol. The number of carbonyl (C=O) groups excluding carboxylic acids is 5. The number of hydrogen-bond donors (Lipinski definition) is 4. The van der Waals surface area contributed by atoms with E-state index in [1.54, 1.807) is 34.3 Å². The number of Topliss-reactive ketones (excluding diaryl/α,β-unsaturated/α-hetero) is 1. The second-order valence-corrected chi connectivity index (χ2v) is 14.5. The molecular formula is C37H42N8O6S. The SMILES string of the molecule is CC(=O)N[C@@H](C(=O)N1CCC[C@H]1C(=O)Cc1cn2cc(C#Cc3cnc([C@@H]4CCCN4C(=O)[C@@H](NC(=O)CO)C(C)C)[nH]3)sc2n1)c1ccccc1. The van der Waals surface area contributed by atoms with E-state index in [4.69, 9.17) is 0 Å². The number of aliphatic hydroxyl groups is 1. The number of nitrogens with zero attached hydrogens (tertiary/aromatic N) is 5. The van der Waals surface area contributed by atoms with Crippen LogP contribution in [-0.2, 0) is 30.4 Å². The first-order chi connectivity index (χ1) is 25.0. The van der Waals surface area contributed by atoms with Crippen LogP contribution in [0.1, 0.15) is 86.2 Å². The van der Waals surface area contributed by atoms with Crippen LogP contribution in [0.3, 0.4) is 0 Å². The number of rotatable bonds is 11. The van der Waals surface area contributed by atoms with Crippen LogP contribution in [-0.4, -0.2) is 95.5 Å². The molecule has 14 nitrogen and oxygen atoms in total. The summed E-state index contributed by atoms with van der Waals surface area (Å²) < 4.78 is 1.83. The minimum atomic E-state index is -0.865. The first kappa shape index (κ1) is 36.5. The number of fused-ring (bicyclic) bond motifs is 1. The molecule has 3 aromatic heterocycles. The maximum absolute atomic E-state index is 13.6. The van der Waals surface area contributed by atoms with E-state index >= 15 is 0 Å². The van der Waals surface area contributed by atoms with Gasteiger partial charge in [0.1, 0.15) is 30.2 Å². The van der Waals surface area contributed by atoms with Crippen molar-refractivity contribution in [2.75, 3.05) is 19.7 Å². The molecule has 15 heteroatoms. The molecule has 4 aromatic rings. The Kier molecular flexibility index (Phi) is 11.2. The van der Waals surface area contributed by atoms with E-state index in [0.717, 1.165) is 17.7 Å². The number of ketones is 1. The number of hydrogen-bond acceptors (Lipinski definition) is 9. The fourth-order valence-corrected chi connectivity index (χ4v) is 7.71. The number of carbonyl (C=O) groups is 5. The van der Waals surface area contributed by atoms with Crippen molar-refractivity contribution in [1.29, 1.82) is 0 Å². The highest BCUT2D eigenvalue weighted by atomic mass is 32.1. The first-order valence-electron chi connectivity index (χ1n) is 17.4. The van der Waals surface area contributed by atoms with E-state index in [2.05, 4.69) is 37.4 Å². The van der Waals surface area contributed by atoms with Gasteiger partial charge in [-0.1, -0.05) is 55.5 Å². The van der Waals surface area contributed by atoms with Gasteiger partial charge in [-0.2, -0.15) is 0 Å². The molecule has 0 unspecified atom stereocenters. The Morgan fingerprint density at radius 2 is 1.75 bits per heavy atom. The average Bonchev–Trinajstić information content (AvgIpc) is 3.96. The van der Waals surface area contributed by atoms with Crippen LogP contribution in [0.15, 0.2) is 48.9 Å². The number of benzene rings is 1. The lowest BCUT2D eigenvalue weighted by molar-refractivity contribution is -0.140. The van der Waals surface area contributed by atoms with Crippen molar-refractivity contribution >= 4 is 45.7 Å². The standard InChI is InChI=1S/C37H42N8O6S/c1-22(2)32(42-31(49)21-46)35(50)45-16-8-12-29(45)34-38-18-25(40-34)13-14-27-20-43-19-26(41-37(43)52-27)17-30(48)28-11-7-15-44(28)36(51)33(39-23(3)47)24-9-5-4-6-10-24/h4-6,9-10,18-20,22,28-29,32-33,46H,7-8,11-12,15-17,21H2,1-3H3,(H,38,40)(H,39,47)(H,42,49)/t28-,29-,32-,33+/m0/s1. The summed E-state index contributed by atoms with van der Waals surface area (Å²) in [5.74, 6) is 5.18. The monoisotopic (exact) mass is 726 g/mol. The fourth-order valence-electron chi connectivity index (χ4n) is 6.88. The summed E-state index contributed by atoms with van der Waals surface area (Å²) in [6.45, 7) is 5.37. The molecule has 0 radical (unpaired) electrons. The molecule has 2 aliphatic heterocycles. The van der Waals surface area contributed by atoms with Crippen molar-refractivity contribution in [3.63, 3.8) is 0 Å². The number of aliphatic hydroxyl groups excluding tert-OH is 1. The molecule has 6 rings (SSSR count). The maximum atomic E-state index is 13.6. The van der Waals surface area contributed by atoms with Crippen LogP contribution in [0.25, 0.3) is 4.96 Å². The number of nitrogens with one attached hydrogen (secondary N) is 3. The van der Waals surface area contributed by atoms with E-state index in [-0.39, 0.29) is 41.9 Å². The predicted octanol–water partition coefficient (Wildman–Crippen LogP) is 2.30. The van der Waals surface area contributed by atoms with Crippen molar-refractivity contribution in [3.8, 4) is 11.8 Å². The van der Waals surface area contributed by atoms with Gasteiger partial charge in [-0.3, -0.25) is 28.4 Å². The summed E-state index contributed by atoms with van der Waals surface area (Å²) in [5.41, 5.74) is 1.85. The molecule has 5 heterocycles. The van der Waals surface area contributed by atoms with Crippen LogP contribution in [0, 0.1) is 17.8 Å². The third-order valence-electron chi connectivity index (χ3n) is 9.36. The highest BCUT2D eigenvalue weighted by molar-refractivity contribution is 7.17. The molecule has 0 aliphatic carbocycles. The van der Waals surface area contributed by atoms with Crippen molar-refractivity contribution in [2.45, 2.75) is 77.0 Å². The molecule has 4 amide bonds. The molecular weight excluding hydrogens is 685 g/mol. The highest BCUT2D eigenvalue weighted by Crippen LogP contribution is 2.31. The van der Waals surface area contributed by atoms with E-state index in [1.165, 1.54) is 18.3 Å². The fraction of sp³-hybridized carbons (Fsp3) is 0.432. The molecule has 4 N–H and O–H groups in total. The van der Waals surface area contributed by atoms with Gasteiger partial charge >= 0.3 is 0 Å². The van der Waals surface area contributed by atoms with Crippen LogP contribution >= 0.6 is 11.3 Å². The van der Waals surface area contributed by atoms with Gasteiger partial charge < -0.3 is 30.5 Å². The zero-order chi connectivity index (χ0) is 36.9. The van der Waals surface area contributed by atoms with Crippen molar-refractivity contribution < 1.29 is 29.1 Å². The van der Waals surface area contributed by atoms with Crippen molar-refractivity contribution in [1.82, 2.24) is 39.8 Å². The Bertz CT molecular complexity index is 1990. The van der Waals surface area contributed by atoms with E-state index < -0.39 is 30.6 Å². The molecule has 52 heavy (non-hydrogen) atoms. The summed E-state index contributed by atoms with van der Waals surface area (Å²) in [4.78, 5) is 81.5. The van der Waals surface area contributed by atoms with E-state index in [1.807, 2.05) is 42.6 Å². The smallest absolute Gasteiger partial charge is 0.250 e. The Morgan fingerprint density at radius 1 is 1.00 bits per heavy atom. The molecule has 2 aliphatic rings. The number of aromatic amines is 1. The Morgan fingerprint density at radius 3 is 2.46 bits per heavy atom. The van der Waals surface area contributed by atoms with Crippen molar-refractivity contribution in [3.05, 3.63) is 76.6 Å². The molecule has 4 atom stereocenters. The number of amides is 4. The summed E-state index contributed by atoms with van der Waals surface area (Å²) in [6, 6.07) is 6.55. The van der Waals surface area contributed by atoms with E-state index in [9.17, 15) is 29.1 Å². The summed E-state index contributed by atoms with van der Waals surface area (Å²) in [5, 5.41) is 14.6. The normalized spacial score (nSPS) is 18.2. The predicted molar refractivity (Wildman–Crippen MR) is 192 cm³/mol. The molecule has 0 saturated carbocycles. The first-order valence-corrected chi connectivity index (χ1v) is 18.2. The summed E-state index contributed by atoms with van der Waals surface area (Å²) in [7, 11) is 0. The molecule has 272 valence electrons. The minimum Gasteiger partial charge on any atom is -0.387 e. The van der Waals surface area contributed by atoms with Crippen molar-refractivity contribution in [2.24, 2.45) is 5.92 Å². The number of aromatic nitrogens is 4. The summed E-state index contributed by atoms with van der Waals surface area (Å²) >= 11 is 1.38. The number of likely N-dealkylation sites (tertiary alicyclic amines) is 2. The topological polar surface area (TPSA) is 182 Å². The lowest BCUT2D eigenvalue weighted by Gasteiger charge is -2.30. The van der Waals surface area contributed by atoms with E-state index in [0.29, 0.717) is 53.7 Å². The number of imidazole rings is 2. The third kappa shape index (κ3) is 8.08. The van der Waals surface area contributed by atoms with Crippen LogP contribution in [0.2, 0.25) is 0 Å². The van der Waals surface area contributed by atoms with Gasteiger partial charge in [-0.25, -0.2) is 9.97 Å². The van der Waals surface area contributed by atoms with Gasteiger partial charge in [0, 0.05) is 32.4 Å². The van der Waals surface area contributed by atoms with Gasteiger partial charge in [-0.15, -0.1) is 0 Å². The van der Waals surface area contributed by atoms with Gasteiger partial charge in [0.2, 0.25) is 23.6 Å². The molecule has 0 spiro atoms. The van der Waals surface area contributed by atoms with Gasteiger partial charge in [0.15, 0.2) is 10.7 Å². The van der Waals surface area contributed by atoms with Gasteiger partial charge in [-0.05, 0) is 49.0 Å². The number of H-pyrrole nitrogens is 1. The molecule has 1 aromatic carbocycles. The molecule has 2 saturated heterocycles. The quantitative estimate of drug-likeness (QED) is 0.170. The molecule has 0 bridgehead atoms. The zero-order valence-corrected chi connectivity index (χ0v) is 30.1. The summed E-state index contributed by atoms with van der Waals surface area (Å²) in [6.07, 6.45) is 8.12. The number of thiazole rings is 1. The maximum Gasteiger partial charge on any atom is 0.250 e. The van der Waals surface area contributed by atoms with Crippen LogP contribution in [0.4, 0.5) is 0 Å². The largest absolute Gasteiger partial charge is 0.387 e. The zero-order valence-electron chi connectivity index (χ0n) is 29.3. The Balaban J connectivity index is 1.09. The second-order valence-electron chi connectivity index (χ2n) is 13.5. The van der Waals surface area contributed by atoms with Crippen LogP contribution < -0.4 is 10.6 Å². The van der Waals surface area contributed by atoms with Gasteiger partial charge in [0.25, 0.3) is 0 Å². The highest BCUT2D eigenvalue weighted by Gasteiger charge is 2.39. The minimum absolute atomic E-state index is 0.0727. The third-order valence-corrected chi connectivity index (χ3v) is 10.3.